The molecule has 0 unspecified atom stereocenters. The molecule has 8 nitrogen and oxygen atoms in total. The van der Waals surface area contributed by atoms with E-state index in [2.05, 4.69) is 36.2 Å². The smallest absolute Gasteiger partial charge is 0.233 e. The van der Waals surface area contributed by atoms with Crippen molar-refractivity contribution in [3.8, 4) is 5.75 Å². The van der Waals surface area contributed by atoms with Crippen LogP contribution in [-0.4, -0.2) is 47.2 Å². The Morgan fingerprint density at radius 2 is 1.77 bits per heavy atom. The molecular weight excluding hydrogens is 397 g/mol. The summed E-state index contributed by atoms with van der Waals surface area (Å²) >= 11 is 0. The third kappa shape index (κ3) is 6.16. The van der Waals surface area contributed by atoms with E-state index in [0.717, 1.165) is 32.4 Å². The number of halogens is 1. The predicted octanol–water partition coefficient (Wildman–Crippen LogP) is 4.06. The molecule has 2 heterocycles. The summed E-state index contributed by atoms with van der Waals surface area (Å²) in [6.07, 6.45) is 9.57. The number of ether oxygens (including phenoxy) is 1. The zero-order chi connectivity index (χ0) is 21.5. The molecule has 4 rings (SSSR count). The number of nitrogens with zero attached hydrogens (tertiary/aromatic N) is 3. The summed E-state index contributed by atoms with van der Waals surface area (Å²) in [6.45, 7) is 1.80. The molecule has 1 aliphatic carbocycles. The molecule has 1 saturated carbocycles. The van der Waals surface area contributed by atoms with Crippen molar-refractivity contribution in [1.29, 1.82) is 0 Å². The van der Waals surface area contributed by atoms with Crippen LogP contribution in [0, 0.1) is 5.82 Å². The molecule has 2 fully saturated rings. The first-order valence-corrected chi connectivity index (χ1v) is 11.3. The van der Waals surface area contributed by atoms with Crippen molar-refractivity contribution in [2.24, 2.45) is 0 Å². The fourth-order valence-electron chi connectivity index (χ4n) is 4.20. The molecule has 0 spiro atoms. The Balaban J connectivity index is 1.51. The van der Waals surface area contributed by atoms with Crippen LogP contribution in [0.1, 0.15) is 51.4 Å². The third-order valence-electron chi connectivity index (χ3n) is 5.90. The van der Waals surface area contributed by atoms with Gasteiger partial charge in [-0.15, -0.1) is 0 Å². The van der Waals surface area contributed by atoms with Gasteiger partial charge in [0.05, 0.1) is 7.11 Å². The average molecular weight is 430 g/mol. The van der Waals surface area contributed by atoms with Crippen LogP contribution in [0.5, 0.6) is 5.75 Å². The minimum atomic E-state index is -0.441. The fourth-order valence-corrected chi connectivity index (χ4v) is 4.20. The summed E-state index contributed by atoms with van der Waals surface area (Å²) in [5.74, 6) is 1.18. The molecule has 1 atom stereocenters. The van der Waals surface area contributed by atoms with Crippen molar-refractivity contribution < 1.29 is 9.13 Å². The lowest BCUT2D eigenvalue weighted by Crippen LogP contribution is -2.30. The van der Waals surface area contributed by atoms with Gasteiger partial charge in [-0.3, -0.25) is 0 Å². The Labute approximate surface area is 182 Å². The number of methoxy groups -OCH3 is 1. The Hall–Kier alpha value is -2.68. The third-order valence-corrected chi connectivity index (χ3v) is 5.90. The highest BCUT2D eigenvalue weighted by Crippen LogP contribution is 2.24. The maximum atomic E-state index is 14.1. The standard InChI is InChI=1S/C22H32FN7O/c1-31-19-11-10-16(13-18(19)23)27-22-29-20(25-14-17-9-6-12-24-17)28-21(30-22)26-15-7-4-2-3-5-8-15/h10-11,13,15,17,24H,2-9,12,14H2,1H3,(H3,25,26,27,28,29,30)/t17-/m1/s1. The summed E-state index contributed by atoms with van der Waals surface area (Å²) in [4.78, 5) is 13.7. The zero-order valence-electron chi connectivity index (χ0n) is 18.1. The van der Waals surface area contributed by atoms with Crippen molar-refractivity contribution in [2.75, 3.05) is 36.1 Å². The van der Waals surface area contributed by atoms with E-state index in [0.29, 0.717) is 35.6 Å². The number of rotatable bonds is 8. The first-order valence-electron chi connectivity index (χ1n) is 11.3. The number of anilines is 4. The van der Waals surface area contributed by atoms with Gasteiger partial charge < -0.3 is 26.0 Å². The molecule has 9 heteroatoms. The lowest BCUT2D eigenvalue weighted by Gasteiger charge is -2.18. The molecule has 1 aliphatic heterocycles. The van der Waals surface area contributed by atoms with Crippen LogP contribution >= 0.6 is 0 Å². The molecule has 168 valence electrons. The summed E-state index contributed by atoms with van der Waals surface area (Å²) < 4.78 is 19.1. The largest absolute Gasteiger partial charge is 0.494 e. The van der Waals surface area contributed by atoms with Crippen LogP contribution in [0.15, 0.2) is 18.2 Å². The molecule has 1 aromatic carbocycles. The summed E-state index contributed by atoms with van der Waals surface area (Å²) in [7, 11) is 1.44. The Bertz CT molecular complexity index is 852. The molecule has 4 N–H and O–H groups in total. The van der Waals surface area contributed by atoms with Crippen LogP contribution in [0.4, 0.5) is 27.9 Å². The Kier molecular flexibility index (Phi) is 7.35. The second-order valence-electron chi connectivity index (χ2n) is 8.29. The highest BCUT2D eigenvalue weighted by molar-refractivity contribution is 5.57. The second-order valence-corrected chi connectivity index (χ2v) is 8.29. The van der Waals surface area contributed by atoms with Crippen LogP contribution in [0.2, 0.25) is 0 Å². The Morgan fingerprint density at radius 1 is 1.00 bits per heavy atom. The second kappa shape index (κ2) is 10.6. The van der Waals surface area contributed by atoms with E-state index in [1.165, 1.54) is 45.3 Å². The van der Waals surface area contributed by atoms with E-state index in [9.17, 15) is 4.39 Å². The lowest BCUT2D eigenvalue weighted by molar-refractivity contribution is 0.386. The van der Waals surface area contributed by atoms with E-state index in [1.54, 1.807) is 12.1 Å². The number of nitrogens with one attached hydrogen (secondary N) is 4. The van der Waals surface area contributed by atoms with Gasteiger partial charge in [0.2, 0.25) is 17.8 Å². The normalized spacial score (nSPS) is 19.6. The SMILES string of the molecule is COc1ccc(Nc2nc(NC[C@H]3CCCN3)nc(NC3CCCCCC3)n2)cc1F. The zero-order valence-corrected chi connectivity index (χ0v) is 18.1. The van der Waals surface area contributed by atoms with Crippen molar-refractivity contribution in [1.82, 2.24) is 20.3 Å². The van der Waals surface area contributed by atoms with E-state index in [1.807, 2.05) is 0 Å². The number of aromatic nitrogens is 3. The van der Waals surface area contributed by atoms with Gasteiger partial charge in [0.15, 0.2) is 11.6 Å². The van der Waals surface area contributed by atoms with Gasteiger partial charge in [0.1, 0.15) is 0 Å². The topological polar surface area (TPSA) is 96.0 Å². The lowest BCUT2D eigenvalue weighted by atomic mass is 10.1. The van der Waals surface area contributed by atoms with Crippen molar-refractivity contribution in [3.05, 3.63) is 24.0 Å². The molecular formula is C22H32FN7O. The van der Waals surface area contributed by atoms with Crippen molar-refractivity contribution >= 4 is 23.5 Å². The minimum Gasteiger partial charge on any atom is -0.494 e. The number of hydrogen-bond acceptors (Lipinski definition) is 8. The first-order chi connectivity index (χ1) is 15.2. The molecule has 0 radical (unpaired) electrons. The van der Waals surface area contributed by atoms with Gasteiger partial charge in [0.25, 0.3) is 0 Å². The van der Waals surface area contributed by atoms with Crippen molar-refractivity contribution in [2.45, 2.75) is 63.5 Å². The van der Waals surface area contributed by atoms with E-state index in [4.69, 9.17) is 4.74 Å². The molecule has 2 aromatic rings. The highest BCUT2D eigenvalue weighted by Gasteiger charge is 2.17. The van der Waals surface area contributed by atoms with Gasteiger partial charge in [-0.05, 0) is 44.4 Å². The number of hydrogen-bond donors (Lipinski definition) is 4. The van der Waals surface area contributed by atoms with Crippen LogP contribution < -0.4 is 26.0 Å². The monoisotopic (exact) mass is 429 g/mol. The number of benzene rings is 1. The Morgan fingerprint density at radius 3 is 2.48 bits per heavy atom. The van der Waals surface area contributed by atoms with E-state index in [-0.39, 0.29) is 5.75 Å². The quantitative estimate of drug-likeness (QED) is 0.467. The fraction of sp³-hybridized carbons (Fsp3) is 0.591. The van der Waals surface area contributed by atoms with Gasteiger partial charge in [0, 0.05) is 30.4 Å². The minimum absolute atomic E-state index is 0.198. The average Bonchev–Trinajstić information content (AvgIpc) is 3.16. The van der Waals surface area contributed by atoms with E-state index >= 15 is 0 Å². The predicted molar refractivity (Wildman–Crippen MR) is 121 cm³/mol. The molecule has 1 aromatic heterocycles. The molecule has 0 amide bonds. The molecule has 2 aliphatic rings. The summed E-state index contributed by atoms with van der Waals surface area (Å²) in [5, 5.41) is 13.4. The van der Waals surface area contributed by atoms with Crippen LogP contribution in [0.25, 0.3) is 0 Å². The molecule has 31 heavy (non-hydrogen) atoms. The first kappa shape index (κ1) is 21.5. The maximum absolute atomic E-state index is 14.1. The van der Waals surface area contributed by atoms with Crippen LogP contribution in [0.3, 0.4) is 0 Å². The maximum Gasteiger partial charge on any atom is 0.233 e. The van der Waals surface area contributed by atoms with Crippen molar-refractivity contribution in [3.63, 3.8) is 0 Å². The van der Waals surface area contributed by atoms with E-state index < -0.39 is 5.82 Å². The highest BCUT2D eigenvalue weighted by atomic mass is 19.1. The van der Waals surface area contributed by atoms with Gasteiger partial charge in [-0.2, -0.15) is 15.0 Å². The summed E-state index contributed by atoms with van der Waals surface area (Å²) in [5.41, 5.74) is 0.549. The van der Waals surface area contributed by atoms with Crippen LogP contribution in [-0.2, 0) is 0 Å². The van der Waals surface area contributed by atoms with Gasteiger partial charge >= 0.3 is 0 Å². The van der Waals surface area contributed by atoms with Gasteiger partial charge in [-0.1, -0.05) is 25.7 Å². The summed E-state index contributed by atoms with van der Waals surface area (Å²) in [6, 6.07) is 5.47. The molecule has 1 saturated heterocycles. The molecule has 0 bridgehead atoms. The van der Waals surface area contributed by atoms with Gasteiger partial charge in [-0.25, -0.2) is 4.39 Å².